The summed E-state index contributed by atoms with van der Waals surface area (Å²) in [6, 6.07) is 21.1. The van der Waals surface area contributed by atoms with Gasteiger partial charge in [-0.15, -0.1) is 0 Å². The molecule has 4 aromatic carbocycles. The fourth-order valence-electron chi connectivity index (χ4n) is 6.05. The first kappa shape index (κ1) is 34.7. The molecule has 0 aromatic heterocycles. The van der Waals surface area contributed by atoms with Gasteiger partial charge in [-0.25, -0.2) is 0 Å². The minimum atomic E-state index is -4.39. The van der Waals surface area contributed by atoms with Gasteiger partial charge in [0.1, 0.15) is 19.0 Å². The largest absolute Gasteiger partial charge is 0.490 e. The molecule has 0 radical (unpaired) electrons. The van der Waals surface area contributed by atoms with Crippen molar-refractivity contribution in [3.63, 3.8) is 0 Å². The van der Waals surface area contributed by atoms with Crippen LogP contribution in [0.25, 0.3) is 10.8 Å². The second-order valence-corrected chi connectivity index (χ2v) is 13.9. The van der Waals surface area contributed by atoms with Crippen LogP contribution in [0.3, 0.4) is 0 Å². The molecule has 0 saturated carbocycles. The number of piperazine rings is 1. The smallest absolute Gasteiger partial charge is 0.416 e. The van der Waals surface area contributed by atoms with Gasteiger partial charge in [-0.3, -0.25) is 9.69 Å². The Kier molecular flexibility index (Phi) is 11.0. The molecule has 2 heterocycles. The molecule has 254 valence electrons. The molecule has 4 aromatic rings. The number of anilines is 2. The van der Waals surface area contributed by atoms with Gasteiger partial charge >= 0.3 is 12.1 Å². The number of fused-ring (bicyclic) bond motifs is 3. The molecule has 0 spiro atoms. The molecule has 12 heteroatoms. The second-order valence-electron chi connectivity index (χ2n) is 12.0. The van der Waals surface area contributed by atoms with E-state index in [0.717, 1.165) is 71.5 Å². The van der Waals surface area contributed by atoms with E-state index >= 15 is 0 Å². The number of carbonyl (C=O) groups excluding carboxylic acids is 1. The highest BCUT2D eigenvalue weighted by Gasteiger charge is 2.33. The maximum Gasteiger partial charge on any atom is 0.416 e. The van der Waals surface area contributed by atoms with E-state index in [1.165, 1.54) is 17.8 Å². The first-order chi connectivity index (χ1) is 23.1. The molecule has 2 aliphatic heterocycles. The minimum absolute atomic E-state index is 0.125. The standard InChI is InChI=1S/C36H36Cl2F3N3O3S/c1-24(23-47-34-27-8-3-2-7-26(27)28(37)22-29(34)38)35(45)46-20-19-43-17-15-42(16-18-43)13-6-14-44-30-9-4-5-10-32(30)48-33-12-11-25(21-31(33)44)36(39,40)41/h2-5,7-12,21-22,24H,6,13-20,23H2,1H3. The van der Waals surface area contributed by atoms with Gasteiger partial charge in [-0.1, -0.05) is 71.4 Å². The fourth-order valence-corrected chi connectivity index (χ4v) is 7.72. The zero-order valence-corrected chi connectivity index (χ0v) is 28.8. The Labute approximate surface area is 292 Å². The summed E-state index contributed by atoms with van der Waals surface area (Å²) >= 11 is 14.2. The van der Waals surface area contributed by atoms with Gasteiger partial charge in [0.25, 0.3) is 0 Å². The third-order valence-corrected chi connectivity index (χ3v) is 10.4. The predicted octanol–water partition coefficient (Wildman–Crippen LogP) is 9.03. The highest BCUT2D eigenvalue weighted by Crippen LogP contribution is 2.49. The predicted molar refractivity (Wildman–Crippen MR) is 186 cm³/mol. The highest BCUT2D eigenvalue weighted by molar-refractivity contribution is 7.99. The molecule has 48 heavy (non-hydrogen) atoms. The van der Waals surface area contributed by atoms with Crippen LogP contribution in [0.15, 0.2) is 82.6 Å². The molecule has 0 amide bonds. The zero-order chi connectivity index (χ0) is 33.8. The quantitative estimate of drug-likeness (QED) is 0.144. The van der Waals surface area contributed by atoms with Crippen LogP contribution >= 0.6 is 35.0 Å². The normalized spacial score (nSPS) is 16.0. The molecule has 0 aliphatic carbocycles. The number of benzene rings is 4. The van der Waals surface area contributed by atoms with E-state index in [1.807, 2.05) is 53.4 Å². The van der Waals surface area contributed by atoms with Crippen LogP contribution in [0, 0.1) is 5.92 Å². The maximum atomic E-state index is 13.5. The lowest BCUT2D eigenvalue weighted by Gasteiger charge is -2.36. The molecule has 1 saturated heterocycles. The first-order valence-corrected chi connectivity index (χ1v) is 17.5. The molecule has 1 fully saturated rings. The van der Waals surface area contributed by atoms with Crippen LogP contribution in [-0.4, -0.2) is 74.8 Å². The molecule has 0 N–H and O–H groups in total. The SMILES string of the molecule is CC(COc1c(Cl)cc(Cl)c2ccccc12)C(=O)OCCN1CCN(CCCN2c3ccccc3Sc3ccc(C(F)(F)F)cc32)CC1. The van der Waals surface area contributed by atoms with Crippen LogP contribution in [0.4, 0.5) is 24.5 Å². The number of rotatable bonds is 11. The Hall–Kier alpha value is -3.15. The Balaban J connectivity index is 0.934. The van der Waals surface area contributed by atoms with Crippen LogP contribution in [0.2, 0.25) is 10.0 Å². The summed E-state index contributed by atoms with van der Waals surface area (Å²) < 4.78 is 52.2. The van der Waals surface area contributed by atoms with E-state index in [1.54, 1.807) is 19.1 Å². The van der Waals surface area contributed by atoms with Gasteiger partial charge in [0.2, 0.25) is 0 Å². The van der Waals surface area contributed by atoms with Crippen molar-refractivity contribution < 1.29 is 27.4 Å². The van der Waals surface area contributed by atoms with E-state index in [9.17, 15) is 18.0 Å². The number of ether oxygens (including phenoxy) is 2. The summed E-state index contributed by atoms with van der Waals surface area (Å²) in [7, 11) is 0. The number of halogens is 5. The van der Waals surface area contributed by atoms with E-state index in [0.29, 0.717) is 41.2 Å². The number of para-hydroxylation sites is 1. The molecule has 0 bridgehead atoms. The topological polar surface area (TPSA) is 45.3 Å². The van der Waals surface area contributed by atoms with Crippen LogP contribution in [-0.2, 0) is 15.7 Å². The van der Waals surface area contributed by atoms with Gasteiger partial charge < -0.3 is 19.3 Å². The second kappa shape index (κ2) is 15.2. The first-order valence-electron chi connectivity index (χ1n) is 15.9. The molecule has 2 aliphatic rings. The fraction of sp³-hybridized carbons (Fsp3) is 0.361. The average molecular weight is 719 g/mol. The Morgan fingerprint density at radius 1 is 0.833 bits per heavy atom. The summed E-state index contributed by atoms with van der Waals surface area (Å²) in [4.78, 5) is 21.2. The number of alkyl halides is 3. The molecular weight excluding hydrogens is 682 g/mol. The van der Waals surface area contributed by atoms with E-state index in [4.69, 9.17) is 32.7 Å². The number of nitrogens with zero attached hydrogens (tertiary/aromatic N) is 3. The van der Waals surface area contributed by atoms with Gasteiger partial charge in [0.05, 0.1) is 32.9 Å². The van der Waals surface area contributed by atoms with Gasteiger partial charge in [-0.05, 0) is 56.3 Å². The van der Waals surface area contributed by atoms with Crippen LogP contribution in [0.1, 0.15) is 18.9 Å². The van der Waals surface area contributed by atoms with Crippen molar-refractivity contribution in [1.29, 1.82) is 0 Å². The Morgan fingerprint density at radius 2 is 1.50 bits per heavy atom. The lowest BCUT2D eigenvalue weighted by atomic mass is 10.1. The zero-order valence-electron chi connectivity index (χ0n) is 26.4. The summed E-state index contributed by atoms with van der Waals surface area (Å²) in [6.45, 7) is 7.71. The number of hydrogen-bond acceptors (Lipinski definition) is 7. The average Bonchev–Trinajstić information content (AvgIpc) is 3.07. The molecular formula is C36H36Cl2F3N3O3S. The molecule has 1 atom stereocenters. The minimum Gasteiger partial charge on any atom is -0.490 e. The third-order valence-electron chi connectivity index (χ3n) is 8.71. The van der Waals surface area contributed by atoms with E-state index < -0.39 is 17.7 Å². The van der Waals surface area contributed by atoms with Crippen molar-refractivity contribution in [2.75, 3.05) is 63.9 Å². The third kappa shape index (κ3) is 8.00. The van der Waals surface area contributed by atoms with Crippen molar-refractivity contribution in [3.05, 3.63) is 88.4 Å². The van der Waals surface area contributed by atoms with Crippen molar-refractivity contribution in [2.24, 2.45) is 5.92 Å². The number of hydrogen-bond donors (Lipinski definition) is 0. The highest BCUT2D eigenvalue weighted by atomic mass is 35.5. The molecule has 6 nitrogen and oxygen atoms in total. The van der Waals surface area contributed by atoms with Crippen molar-refractivity contribution in [1.82, 2.24) is 9.80 Å². The van der Waals surface area contributed by atoms with Crippen molar-refractivity contribution in [2.45, 2.75) is 29.3 Å². The van der Waals surface area contributed by atoms with Crippen molar-refractivity contribution in [3.8, 4) is 5.75 Å². The molecule has 1 unspecified atom stereocenters. The summed E-state index contributed by atoms with van der Waals surface area (Å²) in [5.41, 5.74) is 0.917. The van der Waals surface area contributed by atoms with Crippen LogP contribution in [0.5, 0.6) is 5.75 Å². The van der Waals surface area contributed by atoms with E-state index in [-0.39, 0.29) is 12.6 Å². The Bertz CT molecular complexity index is 1770. The lowest BCUT2D eigenvalue weighted by Crippen LogP contribution is -2.47. The molecule has 6 rings (SSSR count). The van der Waals surface area contributed by atoms with Crippen LogP contribution < -0.4 is 9.64 Å². The van der Waals surface area contributed by atoms with Gasteiger partial charge in [-0.2, -0.15) is 13.2 Å². The van der Waals surface area contributed by atoms with Gasteiger partial charge in [0, 0.05) is 59.8 Å². The Morgan fingerprint density at radius 3 is 2.25 bits per heavy atom. The maximum absolute atomic E-state index is 13.5. The number of esters is 1. The van der Waals surface area contributed by atoms with E-state index in [2.05, 4.69) is 9.80 Å². The lowest BCUT2D eigenvalue weighted by molar-refractivity contribution is -0.149. The summed E-state index contributed by atoms with van der Waals surface area (Å²) in [5, 5.41) is 2.54. The monoisotopic (exact) mass is 717 g/mol. The summed E-state index contributed by atoms with van der Waals surface area (Å²) in [6.07, 6.45) is -3.58. The van der Waals surface area contributed by atoms with Gasteiger partial charge in [0.15, 0.2) is 0 Å². The number of carbonyl (C=O) groups is 1. The van der Waals surface area contributed by atoms with Crippen molar-refractivity contribution >= 4 is 63.1 Å². The summed E-state index contributed by atoms with van der Waals surface area (Å²) in [5.74, 6) is -0.316.